The average Bonchev–Trinajstić information content (AvgIpc) is 2.61. The van der Waals surface area contributed by atoms with Crippen molar-refractivity contribution in [3.05, 3.63) is 54.2 Å². The molecule has 0 fully saturated rings. The number of aromatic nitrogens is 1. The lowest BCUT2D eigenvalue weighted by atomic mass is 10.3. The van der Waals surface area contributed by atoms with Gasteiger partial charge >= 0.3 is 10.1 Å². The number of aliphatic hydroxyl groups is 1. The molecule has 27 heavy (non-hydrogen) atoms. The van der Waals surface area contributed by atoms with Crippen LogP contribution < -0.4 is 5.32 Å². The Morgan fingerprint density at radius 3 is 2.30 bits per heavy atom. The van der Waals surface area contributed by atoms with Gasteiger partial charge < -0.3 is 15.2 Å². The third-order valence-corrected chi connectivity index (χ3v) is 5.97. The molecule has 1 aromatic carbocycles. The molecule has 150 valence electrons. The number of ether oxygens (including phenoxy) is 1. The van der Waals surface area contributed by atoms with E-state index in [2.05, 4.69) is 29.9 Å². The Kier molecular flexibility index (Phi) is 9.60. The zero-order valence-corrected chi connectivity index (χ0v) is 17.7. The minimum absolute atomic E-state index is 0.0833. The van der Waals surface area contributed by atoms with Gasteiger partial charge in [-0.2, -0.15) is 8.42 Å². The maximum absolute atomic E-state index is 10.6. The lowest BCUT2D eigenvalue weighted by Gasteiger charge is -2.15. The summed E-state index contributed by atoms with van der Waals surface area (Å²) in [6.07, 6.45) is 1.22. The number of nitrogens with one attached hydrogen (secondary N) is 1. The molecule has 2 aromatic rings. The summed E-state index contributed by atoms with van der Waals surface area (Å²) in [4.78, 5) is 3.42. The van der Waals surface area contributed by atoms with E-state index >= 15 is 0 Å². The first-order valence-electron chi connectivity index (χ1n) is 8.52. The van der Waals surface area contributed by atoms with Crippen molar-refractivity contribution >= 4 is 23.9 Å². The van der Waals surface area contributed by atoms with Gasteiger partial charge in [-0.25, -0.2) is 4.98 Å². The quantitative estimate of drug-likeness (QED) is 0.264. The van der Waals surface area contributed by atoms with Crippen molar-refractivity contribution in [2.45, 2.75) is 37.3 Å². The first-order valence-corrected chi connectivity index (χ1v) is 13.7. The smallest absolute Gasteiger partial charge is 0.312 e. The largest absolute Gasteiger partial charge is 0.392 e. The van der Waals surface area contributed by atoms with Gasteiger partial charge in [-0.3, -0.25) is 4.55 Å². The second-order valence-electron chi connectivity index (χ2n) is 7.01. The number of rotatable bonds is 8. The van der Waals surface area contributed by atoms with Crippen LogP contribution in [0.25, 0.3) is 0 Å². The number of anilines is 1. The predicted molar refractivity (Wildman–Crippen MR) is 109 cm³/mol. The van der Waals surface area contributed by atoms with Crippen molar-refractivity contribution in [1.29, 1.82) is 0 Å². The molecule has 3 N–H and O–H groups in total. The summed E-state index contributed by atoms with van der Waals surface area (Å²) in [5.41, 5.74) is 1.20. The summed E-state index contributed by atoms with van der Waals surface area (Å²) in [5.74, 6) is 0. The molecule has 9 heteroatoms. The topological polar surface area (TPSA) is 109 Å². The maximum Gasteiger partial charge on any atom is 0.312 e. The van der Waals surface area contributed by atoms with Crippen molar-refractivity contribution in [2.75, 3.05) is 18.7 Å². The van der Waals surface area contributed by atoms with Crippen LogP contribution in [0.5, 0.6) is 0 Å². The minimum atomic E-state index is -4.32. The highest BCUT2D eigenvalue weighted by Gasteiger charge is 2.15. The average molecular weight is 413 g/mol. The van der Waals surface area contributed by atoms with Crippen molar-refractivity contribution in [3.63, 3.8) is 0 Å². The highest BCUT2D eigenvalue weighted by Crippen LogP contribution is 2.11. The third kappa shape index (κ3) is 10.2. The van der Waals surface area contributed by atoms with E-state index in [0.717, 1.165) is 12.3 Å². The molecule has 2 rings (SSSR count). The molecule has 0 radical (unpaired) electrons. The zero-order valence-electron chi connectivity index (χ0n) is 15.9. The fourth-order valence-electron chi connectivity index (χ4n) is 1.92. The van der Waals surface area contributed by atoms with Crippen LogP contribution in [-0.2, 0) is 21.5 Å². The van der Waals surface area contributed by atoms with Gasteiger partial charge in [0.25, 0.3) is 0 Å². The van der Waals surface area contributed by atoms with Crippen molar-refractivity contribution in [1.82, 2.24) is 4.98 Å². The first-order chi connectivity index (χ1) is 12.6. The number of nitrogens with zero attached hydrogens (tertiary/aromatic N) is 1. The van der Waals surface area contributed by atoms with E-state index < -0.39 is 29.8 Å². The van der Waals surface area contributed by atoms with E-state index in [0.29, 0.717) is 6.73 Å². The first kappa shape index (κ1) is 23.3. The van der Waals surface area contributed by atoms with Gasteiger partial charge in [-0.05, 0) is 24.2 Å². The van der Waals surface area contributed by atoms with Crippen molar-refractivity contribution < 1.29 is 22.8 Å². The standard InChI is InChI=1S/C12H21NOSi.C6H7NO4S/c1-15(2,3)10-9-14-11-13-12-7-5-4-6-8-12;8-4-5-2-1-3-7-6(5)12(9,10)11/h4-8,13H,9-11H2,1-3H3;1-3,8H,4H2,(H,9,10,11). The summed E-state index contributed by atoms with van der Waals surface area (Å²) in [7, 11) is -5.26. The molecule has 0 aliphatic carbocycles. The van der Waals surface area contributed by atoms with Crippen LogP contribution in [0.3, 0.4) is 0 Å². The van der Waals surface area contributed by atoms with Crippen LogP contribution in [0, 0.1) is 0 Å². The summed E-state index contributed by atoms with van der Waals surface area (Å²) >= 11 is 0. The van der Waals surface area contributed by atoms with Crippen molar-refractivity contribution in [2.24, 2.45) is 0 Å². The van der Waals surface area contributed by atoms with E-state index in [1.165, 1.54) is 24.4 Å². The lowest BCUT2D eigenvalue weighted by molar-refractivity contribution is 0.166. The molecule has 0 bridgehead atoms. The third-order valence-electron chi connectivity index (χ3n) is 3.41. The highest BCUT2D eigenvalue weighted by molar-refractivity contribution is 7.85. The van der Waals surface area contributed by atoms with Gasteiger partial charge in [0.05, 0.1) is 6.61 Å². The van der Waals surface area contributed by atoms with Gasteiger partial charge in [0, 0.05) is 32.1 Å². The van der Waals surface area contributed by atoms with Crippen LogP contribution in [0.15, 0.2) is 53.7 Å². The van der Waals surface area contributed by atoms with Gasteiger partial charge in [-0.15, -0.1) is 0 Å². The lowest BCUT2D eigenvalue weighted by Crippen LogP contribution is -2.22. The summed E-state index contributed by atoms with van der Waals surface area (Å²) in [5, 5.41) is 11.4. The Morgan fingerprint density at radius 2 is 1.78 bits per heavy atom. The molecule has 0 aliphatic rings. The molecule has 0 aliphatic heterocycles. The molecule has 0 unspecified atom stereocenters. The number of pyridine rings is 1. The predicted octanol–water partition coefficient (Wildman–Crippen LogP) is 3.23. The molecule has 0 amide bonds. The van der Waals surface area contributed by atoms with E-state index in [-0.39, 0.29) is 5.56 Å². The normalized spacial score (nSPS) is 11.4. The molecule has 1 aromatic heterocycles. The SMILES string of the molecule is C[Si](C)(C)CCOCNc1ccccc1.O=S(=O)(O)c1ncccc1CO. The van der Waals surface area contributed by atoms with Crippen LogP contribution in [0.4, 0.5) is 5.69 Å². The van der Waals surface area contributed by atoms with Crippen LogP contribution in [0.1, 0.15) is 5.56 Å². The Hall–Kier alpha value is -1.78. The Balaban J connectivity index is 0.000000277. The van der Waals surface area contributed by atoms with Crippen LogP contribution in [0.2, 0.25) is 25.7 Å². The molecule has 7 nitrogen and oxygen atoms in total. The second kappa shape index (κ2) is 11.1. The van der Waals surface area contributed by atoms with Gasteiger partial charge in [0.2, 0.25) is 0 Å². The monoisotopic (exact) mass is 412 g/mol. The molecule has 0 saturated carbocycles. The number of hydrogen-bond donors (Lipinski definition) is 3. The van der Waals surface area contributed by atoms with Gasteiger partial charge in [0.1, 0.15) is 6.73 Å². The molecular weight excluding hydrogens is 384 g/mol. The molecule has 0 saturated heterocycles. The minimum Gasteiger partial charge on any atom is -0.392 e. The second-order valence-corrected chi connectivity index (χ2v) is 14.0. The number of para-hydroxylation sites is 1. The Labute approximate surface area is 162 Å². The zero-order chi connectivity index (χ0) is 20.3. The van der Waals surface area contributed by atoms with Crippen molar-refractivity contribution in [3.8, 4) is 0 Å². The van der Waals surface area contributed by atoms with E-state index in [1.807, 2.05) is 30.3 Å². The molecule has 1 heterocycles. The Bertz CT molecular complexity index is 780. The van der Waals surface area contributed by atoms with E-state index in [9.17, 15) is 8.42 Å². The number of hydrogen-bond acceptors (Lipinski definition) is 6. The van der Waals surface area contributed by atoms with Gasteiger partial charge in [-0.1, -0.05) is 43.9 Å². The summed E-state index contributed by atoms with van der Waals surface area (Å²) in [6, 6.07) is 14.2. The fraction of sp³-hybridized carbons (Fsp3) is 0.389. The van der Waals surface area contributed by atoms with E-state index in [4.69, 9.17) is 14.4 Å². The summed E-state index contributed by atoms with van der Waals surface area (Å²) < 4.78 is 35.3. The maximum atomic E-state index is 10.6. The molecular formula is C18H28N2O5SSi. The molecule has 0 atom stereocenters. The van der Waals surface area contributed by atoms with E-state index in [1.54, 1.807) is 0 Å². The van der Waals surface area contributed by atoms with Gasteiger partial charge in [0.15, 0.2) is 5.03 Å². The van der Waals surface area contributed by atoms with Crippen LogP contribution in [-0.4, -0.2) is 44.5 Å². The highest BCUT2D eigenvalue weighted by atomic mass is 32.2. The van der Waals surface area contributed by atoms with Crippen LogP contribution >= 0.6 is 0 Å². The fourth-order valence-corrected chi connectivity index (χ4v) is 3.33. The number of aliphatic hydroxyl groups excluding tert-OH is 1. The molecule has 0 spiro atoms. The summed E-state index contributed by atoms with van der Waals surface area (Å²) in [6.45, 7) is 8.09. The Morgan fingerprint density at radius 1 is 1.11 bits per heavy atom. The number of benzene rings is 1.